The first-order valence-corrected chi connectivity index (χ1v) is 8.96. The van der Waals surface area contributed by atoms with Crippen LogP contribution in [0.15, 0.2) is 24.0 Å². The van der Waals surface area contributed by atoms with Crippen LogP contribution in [0.25, 0.3) is 5.70 Å². The van der Waals surface area contributed by atoms with Gasteiger partial charge in [0.1, 0.15) is 0 Å². The summed E-state index contributed by atoms with van der Waals surface area (Å²) in [4.78, 5) is 10.0. The first kappa shape index (κ1) is 16.4. The van der Waals surface area contributed by atoms with Crippen molar-refractivity contribution in [1.29, 1.82) is 0 Å². The molecule has 1 aromatic carbocycles. The van der Waals surface area contributed by atoms with Gasteiger partial charge in [0.05, 0.1) is 28.3 Å². The maximum absolute atomic E-state index is 12.2. The average molecular weight is 331 g/mol. The van der Waals surface area contributed by atoms with Crippen LogP contribution < -0.4 is 10.6 Å². The van der Waals surface area contributed by atoms with Gasteiger partial charge in [0.15, 0.2) is 0 Å². The summed E-state index contributed by atoms with van der Waals surface area (Å²) in [6, 6.07) is 5.44. The number of nitrogens with one attached hydrogen (secondary N) is 2. The molecule has 0 amide bonds. The van der Waals surface area contributed by atoms with Crippen LogP contribution in [-0.4, -0.2) is 24.1 Å². The van der Waals surface area contributed by atoms with Crippen molar-refractivity contribution in [2.24, 2.45) is 0 Å². The number of rotatable bonds is 4. The van der Waals surface area contributed by atoms with Gasteiger partial charge in [-0.05, 0) is 19.4 Å². The van der Waals surface area contributed by atoms with Gasteiger partial charge in [-0.25, -0.2) is 0 Å². The summed E-state index contributed by atoms with van der Waals surface area (Å²) >= 11 is 6.18. The lowest BCUT2D eigenvalue weighted by atomic mass is 10.1. The fraction of sp³-hybridized carbons (Fsp3) is 0.429. The minimum absolute atomic E-state index is 0.277. The van der Waals surface area contributed by atoms with Gasteiger partial charge in [-0.2, -0.15) is 0 Å². The molecule has 2 atom stereocenters. The number of hydrogen-bond acceptors (Lipinski definition) is 4. The third-order valence-electron chi connectivity index (χ3n) is 3.24. The molecule has 0 radical (unpaired) electrons. The molecular weight excluding hydrogens is 311 g/mol. The number of hydrogen-bond donors (Lipinski definition) is 3. The van der Waals surface area contributed by atoms with E-state index < -0.39 is 7.60 Å². The SMILES string of the molecule is CCC(C)OP(=O)(O)C=C1NCCNc2c(Cl)cccc21. The minimum Gasteiger partial charge on any atom is -0.382 e. The smallest absolute Gasteiger partial charge is 0.353 e. The summed E-state index contributed by atoms with van der Waals surface area (Å²) in [7, 11) is -3.82. The van der Waals surface area contributed by atoms with Gasteiger partial charge in [-0.15, -0.1) is 0 Å². The normalized spacial score (nSPS) is 20.7. The quantitative estimate of drug-likeness (QED) is 0.735. The Labute approximate surface area is 129 Å². The molecule has 0 aromatic heterocycles. The maximum Gasteiger partial charge on any atom is 0.353 e. The molecule has 0 bridgehead atoms. The van der Waals surface area contributed by atoms with Gasteiger partial charge >= 0.3 is 7.60 Å². The zero-order chi connectivity index (χ0) is 15.5. The molecule has 0 spiro atoms. The Morgan fingerprint density at radius 3 is 2.90 bits per heavy atom. The highest BCUT2D eigenvalue weighted by Crippen LogP contribution is 2.48. The first-order valence-electron chi connectivity index (χ1n) is 6.93. The predicted molar refractivity (Wildman–Crippen MR) is 86.6 cm³/mol. The lowest BCUT2D eigenvalue weighted by Gasteiger charge is -2.16. The molecule has 1 aromatic rings. The largest absolute Gasteiger partial charge is 0.382 e. The molecule has 21 heavy (non-hydrogen) atoms. The third-order valence-corrected chi connectivity index (χ3v) is 4.81. The first-order chi connectivity index (χ1) is 9.93. The summed E-state index contributed by atoms with van der Waals surface area (Å²) in [5.41, 5.74) is 2.09. The van der Waals surface area contributed by atoms with Crippen LogP contribution in [0.1, 0.15) is 25.8 Å². The number of para-hydroxylation sites is 1. The molecule has 1 aliphatic heterocycles. The van der Waals surface area contributed by atoms with Gasteiger partial charge in [-0.3, -0.25) is 4.57 Å². The van der Waals surface area contributed by atoms with Crippen molar-refractivity contribution in [3.05, 3.63) is 34.6 Å². The topological polar surface area (TPSA) is 70.6 Å². The molecule has 0 saturated carbocycles. The van der Waals surface area contributed by atoms with Gasteiger partial charge in [0, 0.05) is 18.7 Å². The highest BCUT2D eigenvalue weighted by Gasteiger charge is 2.23. The van der Waals surface area contributed by atoms with Crippen molar-refractivity contribution < 1.29 is 14.0 Å². The maximum atomic E-state index is 12.2. The average Bonchev–Trinajstić information content (AvgIpc) is 2.62. The van der Waals surface area contributed by atoms with Crippen molar-refractivity contribution in [2.45, 2.75) is 26.4 Å². The molecule has 3 N–H and O–H groups in total. The Morgan fingerprint density at radius 2 is 2.19 bits per heavy atom. The van der Waals surface area contributed by atoms with E-state index in [-0.39, 0.29) is 6.10 Å². The minimum atomic E-state index is -3.82. The zero-order valence-electron chi connectivity index (χ0n) is 12.1. The summed E-state index contributed by atoms with van der Waals surface area (Å²) < 4.78 is 17.4. The van der Waals surface area contributed by atoms with Crippen LogP contribution in [-0.2, 0) is 9.09 Å². The summed E-state index contributed by atoms with van der Waals surface area (Å²) in [6.07, 6.45) is 0.394. The van der Waals surface area contributed by atoms with E-state index in [0.29, 0.717) is 30.2 Å². The molecule has 7 heteroatoms. The van der Waals surface area contributed by atoms with E-state index in [4.69, 9.17) is 16.1 Å². The van der Waals surface area contributed by atoms with E-state index in [1.165, 1.54) is 5.82 Å². The van der Waals surface area contributed by atoms with Gasteiger partial charge in [0.2, 0.25) is 0 Å². The van der Waals surface area contributed by atoms with Gasteiger partial charge in [0.25, 0.3) is 0 Å². The van der Waals surface area contributed by atoms with Crippen molar-refractivity contribution in [3.63, 3.8) is 0 Å². The van der Waals surface area contributed by atoms with Crippen LogP contribution in [0, 0.1) is 0 Å². The second-order valence-electron chi connectivity index (χ2n) is 4.95. The predicted octanol–water partition coefficient (Wildman–Crippen LogP) is 3.65. The molecule has 0 saturated heterocycles. The van der Waals surface area contributed by atoms with Crippen LogP contribution in [0.2, 0.25) is 5.02 Å². The fourth-order valence-corrected chi connectivity index (χ4v) is 3.57. The molecule has 2 rings (SSSR count). The standard InChI is InChI=1S/C14H20ClN2O3P/c1-3-10(2)20-21(18,19)9-13-11-5-4-6-12(15)14(11)17-8-7-16-13/h4-6,9-10,16-17H,3,7-8H2,1-2H3,(H,18,19). The Hall–Kier alpha value is -1.00. The Morgan fingerprint density at radius 1 is 1.48 bits per heavy atom. The van der Waals surface area contributed by atoms with E-state index in [1.54, 1.807) is 13.0 Å². The van der Waals surface area contributed by atoms with E-state index in [2.05, 4.69) is 10.6 Å². The Kier molecular flexibility index (Phi) is 5.33. The van der Waals surface area contributed by atoms with Crippen LogP contribution >= 0.6 is 19.2 Å². The third kappa shape index (κ3) is 4.24. The second kappa shape index (κ2) is 6.84. The van der Waals surface area contributed by atoms with Gasteiger partial charge in [-0.1, -0.05) is 30.7 Å². The van der Waals surface area contributed by atoms with Crippen LogP contribution in [0.4, 0.5) is 5.69 Å². The number of anilines is 1. The Bertz CT molecular complexity index is 592. The number of benzene rings is 1. The molecule has 1 aliphatic rings. The molecule has 1 heterocycles. The molecule has 2 unspecified atom stereocenters. The van der Waals surface area contributed by atoms with Crippen LogP contribution in [0.5, 0.6) is 0 Å². The monoisotopic (exact) mass is 330 g/mol. The van der Waals surface area contributed by atoms with Gasteiger partial charge < -0.3 is 20.1 Å². The van der Waals surface area contributed by atoms with Crippen molar-refractivity contribution in [1.82, 2.24) is 5.32 Å². The van der Waals surface area contributed by atoms with E-state index in [0.717, 1.165) is 11.3 Å². The molecular formula is C14H20ClN2O3P. The number of fused-ring (bicyclic) bond motifs is 1. The summed E-state index contributed by atoms with van der Waals surface area (Å²) in [6.45, 7) is 4.98. The Balaban J connectivity index is 2.38. The molecule has 0 aliphatic carbocycles. The zero-order valence-corrected chi connectivity index (χ0v) is 13.7. The summed E-state index contributed by atoms with van der Waals surface area (Å²) in [5, 5.41) is 6.94. The van der Waals surface area contributed by atoms with Crippen molar-refractivity contribution in [2.75, 3.05) is 18.4 Å². The lowest BCUT2D eigenvalue weighted by molar-refractivity contribution is 0.191. The molecule has 5 nitrogen and oxygen atoms in total. The highest BCUT2D eigenvalue weighted by atomic mass is 35.5. The lowest BCUT2D eigenvalue weighted by Crippen LogP contribution is -2.16. The van der Waals surface area contributed by atoms with E-state index in [1.807, 2.05) is 19.1 Å². The van der Waals surface area contributed by atoms with E-state index >= 15 is 0 Å². The van der Waals surface area contributed by atoms with Crippen molar-refractivity contribution in [3.8, 4) is 0 Å². The molecule has 116 valence electrons. The summed E-state index contributed by atoms with van der Waals surface area (Å²) in [5.74, 6) is 1.27. The number of halogens is 1. The molecule has 0 fully saturated rings. The van der Waals surface area contributed by atoms with Crippen molar-refractivity contribution >= 4 is 30.6 Å². The highest BCUT2D eigenvalue weighted by molar-refractivity contribution is 7.56. The van der Waals surface area contributed by atoms with Crippen LogP contribution in [0.3, 0.4) is 0 Å². The fourth-order valence-electron chi connectivity index (χ4n) is 2.05. The van der Waals surface area contributed by atoms with E-state index in [9.17, 15) is 9.46 Å². The second-order valence-corrected chi connectivity index (χ2v) is 6.95.